The monoisotopic (exact) mass is 250 g/mol. The van der Waals surface area contributed by atoms with Crippen LogP contribution in [-0.2, 0) is 4.79 Å². The standard InChI is InChI=1S/C13H18N2O3/c1-9(16)11-8-10(14)5-6-12(11)18-7-3-4-13(17)15-2/h5-6,8H,3-4,7,14H2,1-2H3,(H,15,17). The van der Waals surface area contributed by atoms with Crippen molar-refractivity contribution in [1.82, 2.24) is 5.32 Å². The van der Waals surface area contributed by atoms with Crippen molar-refractivity contribution in [3.05, 3.63) is 23.8 Å². The number of Topliss-reactive ketones (excluding diaryl/α,β-unsaturated/α-hetero) is 1. The quantitative estimate of drug-likeness (QED) is 0.454. The molecule has 0 aromatic heterocycles. The first kappa shape index (κ1) is 14.0. The van der Waals surface area contributed by atoms with Crippen molar-refractivity contribution in [2.24, 2.45) is 0 Å². The minimum absolute atomic E-state index is 0.0253. The van der Waals surface area contributed by atoms with E-state index in [0.717, 1.165) is 0 Å². The Kier molecular flexibility index (Phi) is 5.17. The number of amides is 1. The van der Waals surface area contributed by atoms with Crippen LogP contribution in [0.4, 0.5) is 5.69 Å². The molecule has 0 spiro atoms. The van der Waals surface area contributed by atoms with Gasteiger partial charge in [-0.1, -0.05) is 0 Å². The number of anilines is 1. The van der Waals surface area contributed by atoms with E-state index in [1.54, 1.807) is 25.2 Å². The predicted octanol–water partition coefficient (Wildman–Crippen LogP) is 1.38. The molecule has 3 N–H and O–H groups in total. The number of hydrogen-bond acceptors (Lipinski definition) is 4. The van der Waals surface area contributed by atoms with Crippen LogP contribution in [0.25, 0.3) is 0 Å². The smallest absolute Gasteiger partial charge is 0.219 e. The number of ether oxygens (including phenoxy) is 1. The van der Waals surface area contributed by atoms with Gasteiger partial charge in [0.05, 0.1) is 12.2 Å². The second kappa shape index (κ2) is 6.64. The van der Waals surface area contributed by atoms with Crippen LogP contribution in [-0.4, -0.2) is 25.3 Å². The van der Waals surface area contributed by atoms with Gasteiger partial charge in [0.15, 0.2) is 5.78 Å². The number of nitrogen functional groups attached to an aromatic ring is 1. The fourth-order valence-corrected chi connectivity index (χ4v) is 1.49. The topological polar surface area (TPSA) is 81.4 Å². The lowest BCUT2D eigenvalue weighted by Gasteiger charge is -2.10. The number of benzene rings is 1. The summed E-state index contributed by atoms with van der Waals surface area (Å²) in [6, 6.07) is 4.95. The van der Waals surface area contributed by atoms with E-state index >= 15 is 0 Å². The summed E-state index contributed by atoms with van der Waals surface area (Å²) in [5, 5.41) is 2.54. The summed E-state index contributed by atoms with van der Waals surface area (Å²) in [6.45, 7) is 1.85. The molecular weight excluding hydrogens is 232 g/mol. The molecule has 98 valence electrons. The molecule has 0 saturated heterocycles. The molecule has 0 saturated carbocycles. The maximum Gasteiger partial charge on any atom is 0.219 e. The number of carbonyl (C=O) groups is 2. The van der Waals surface area contributed by atoms with E-state index in [9.17, 15) is 9.59 Å². The molecule has 1 aromatic rings. The van der Waals surface area contributed by atoms with E-state index in [0.29, 0.717) is 36.4 Å². The normalized spacial score (nSPS) is 9.89. The zero-order chi connectivity index (χ0) is 13.5. The summed E-state index contributed by atoms with van der Waals surface area (Å²) < 4.78 is 5.49. The molecule has 0 fully saturated rings. The third-order valence-corrected chi connectivity index (χ3v) is 2.47. The van der Waals surface area contributed by atoms with Crippen molar-refractivity contribution < 1.29 is 14.3 Å². The second-order valence-electron chi connectivity index (χ2n) is 3.94. The maximum absolute atomic E-state index is 11.4. The Labute approximate surface area is 106 Å². The molecule has 1 rings (SSSR count). The molecule has 18 heavy (non-hydrogen) atoms. The third kappa shape index (κ3) is 4.08. The minimum atomic E-state index is -0.0939. The number of hydrogen-bond donors (Lipinski definition) is 2. The van der Waals surface area contributed by atoms with Crippen LogP contribution in [0.1, 0.15) is 30.1 Å². The van der Waals surface area contributed by atoms with E-state index in [2.05, 4.69) is 5.32 Å². The summed E-state index contributed by atoms with van der Waals surface area (Å²) in [4.78, 5) is 22.4. The van der Waals surface area contributed by atoms with Gasteiger partial charge in [-0.3, -0.25) is 9.59 Å². The maximum atomic E-state index is 11.4. The molecule has 5 heteroatoms. The zero-order valence-electron chi connectivity index (χ0n) is 10.7. The average Bonchev–Trinajstić information content (AvgIpc) is 2.35. The van der Waals surface area contributed by atoms with Crippen LogP contribution in [0, 0.1) is 0 Å². The van der Waals surface area contributed by atoms with Gasteiger partial charge in [-0.2, -0.15) is 0 Å². The summed E-state index contributed by atoms with van der Waals surface area (Å²) in [5.74, 6) is 0.389. The lowest BCUT2D eigenvalue weighted by molar-refractivity contribution is -0.120. The molecule has 0 heterocycles. The first-order valence-electron chi connectivity index (χ1n) is 5.78. The van der Waals surface area contributed by atoms with Crippen molar-refractivity contribution in [1.29, 1.82) is 0 Å². The first-order valence-corrected chi connectivity index (χ1v) is 5.78. The molecule has 0 radical (unpaired) electrons. The molecule has 0 bridgehead atoms. The molecule has 0 aliphatic rings. The fourth-order valence-electron chi connectivity index (χ4n) is 1.49. The van der Waals surface area contributed by atoms with Crippen LogP contribution in [0.3, 0.4) is 0 Å². The molecule has 0 aliphatic carbocycles. The van der Waals surface area contributed by atoms with Gasteiger partial charge in [-0.15, -0.1) is 0 Å². The average molecular weight is 250 g/mol. The Balaban J connectivity index is 2.56. The highest BCUT2D eigenvalue weighted by Crippen LogP contribution is 2.22. The van der Waals surface area contributed by atoms with E-state index < -0.39 is 0 Å². The van der Waals surface area contributed by atoms with Gasteiger partial charge in [-0.05, 0) is 31.5 Å². The van der Waals surface area contributed by atoms with Crippen LogP contribution in [0.15, 0.2) is 18.2 Å². The van der Waals surface area contributed by atoms with Gasteiger partial charge >= 0.3 is 0 Å². The van der Waals surface area contributed by atoms with Crippen molar-refractivity contribution in [2.45, 2.75) is 19.8 Å². The van der Waals surface area contributed by atoms with Crippen LogP contribution < -0.4 is 15.8 Å². The van der Waals surface area contributed by atoms with Crippen molar-refractivity contribution in [3.8, 4) is 5.75 Å². The highest BCUT2D eigenvalue weighted by Gasteiger charge is 2.09. The Hall–Kier alpha value is -2.04. The second-order valence-corrected chi connectivity index (χ2v) is 3.94. The van der Waals surface area contributed by atoms with Crippen LogP contribution in [0.5, 0.6) is 5.75 Å². The predicted molar refractivity (Wildman–Crippen MR) is 69.7 cm³/mol. The molecular formula is C13H18N2O3. The number of ketones is 1. The highest BCUT2D eigenvalue weighted by molar-refractivity contribution is 5.97. The van der Waals surface area contributed by atoms with Gasteiger partial charge in [0.2, 0.25) is 5.91 Å². The summed E-state index contributed by atoms with van der Waals surface area (Å²) >= 11 is 0. The van der Waals surface area contributed by atoms with Gasteiger partial charge in [0.25, 0.3) is 0 Å². The number of rotatable bonds is 6. The number of carbonyl (C=O) groups excluding carboxylic acids is 2. The Morgan fingerprint density at radius 1 is 1.39 bits per heavy atom. The Bertz CT molecular complexity index is 444. The summed E-state index contributed by atoms with van der Waals surface area (Å²) in [5.41, 5.74) is 6.61. The Morgan fingerprint density at radius 2 is 2.11 bits per heavy atom. The molecule has 0 aliphatic heterocycles. The van der Waals surface area contributed by atoms with Gasteiger partial charge < -0.3 is 15.8 Å². The summed E-state index contributed by atoms with van der Waals surface area (Å²) in [7, 11) is 1.59. The molecule has 5 nitrogen and oxygen atoms in total. The third-order valence-electron chi connectivity index (χ3n) is 2.47. The largest absolute Gasteiger partial charge is 0.493 e. The minimum Gasteiger partial charge on any atom is -0.493 e. The van der Waals surface area contributed by atoms with Gasteiger partial charge in [-0.25, -0.2) is 0 Å². The van der Waals surface area contributed by atoms with E-state index in [4.69, 9.17) is 10.5 Å². The molecule has 1 amide bonds. The zero-order valence-corrected chi connectivity index (χ0v) is 10.7. The SMILES string of the molecule is CNC(=O)CCCOc1ccc(N)cc1C(C)=O. The van der Waals surface area contributed by atoms with Crippen LogP contribution in [0.2, 0.25) is 0 Å². The lowest BCUT2D eigenvalue weighted by Crippen LogP contribution is -2.18. The van der Waals surface area contributed by atoms with E-state index in [-0.39, 0.29) is 11.7 Å². The Morgan fingerprint density at radius 3 is 2.72 bits per heavy atom. The lowest BCUT2D eigenvalue weighted by atomic mass is 10.1. The first-order chi connectivity index (χ1) is 8.54. The van der Waals surface area contributed by atoms with Crippen LogP contribution >= 0.6 is 0 Å². The molecule has 1 aromatic carbocycles. The number of nitrogens with one attached hydrogen (secondary N) is 1. The van der Waals surface area contributed by atoms with E-state index in [1.165, 1.54) is 6.92 Å². The fraction of sp³-hybridized carbons (Fsp3) is 0.385. The van der Waals surface area contributed by atoms with Crippen molar-refractivity contribution >= 4 is 17.4 Å². The van der Waals surface area contributed by atoms with Crippen molar-refractivity contribution in [2.75, 3.05) is 19.4 Å². The summed E-state index contributed by atoms with van der Waals surface area (Å²) in [6.07, 6.45) is 1.00. The molecule has 0 unspecified atom stereocenters. The van der Waals surface area contributed by atoms with Gasteiger partial charge in [0.1, 0.15) is 5.75 Å². The van der Waals surface area contributed by atoms with Gasteiger partial charge in [0, 0.05) is 19.2 Å². The van der Waals surface area contributed by atoms with E-state index in [1.807, 2.05) is 0 Å². The van der Waals surface area contributed by atoms with Crippen molar-refractivity contribution in [3.63, 3.8) is 0 Å². The number of nitrogens with two attached hydrogens (primary N) is 1. The highest BCUT2D eigenvalue weighted by atomic mass is 16.5. The molecule has 0 atom stereocenters.